The zero-order valence-corrected chi connectivity index (χ0v) is 22.3. The fourth-order valence-corrected chi connectivity index (χ4v) is 6.16. The van der Waals surface area contributed by atoms with Gasteiger partial charge in [0.15, 0.2) is 17.7 Å². The second kappa shape index (κ2) is 12.4. The van der Waals surface area contributed by atoms with Crippen LogP contribution in [0.25, 0.3) is 11.2 Å². The van der Waals surface area contributed by atoms with Gasteiger partial charge in [-0.3, -0.25) is 18.9 Å². The number of hydrogen-bond donors (Lipinski definition) is 8. The van der Waals surface area contributed by atoms with Crippen LogP contribution in [0.5, 0.6) is 0 Å². The molecule has 10 N–H and O–H groups in total. The highest BCUT2D eigenvalue weighted by molar-refractivity contribution is 7.66. The molecule has 1 aliphatic heterocycles. The highest BCUT2D eigenvalue weighted by atomic mass is 31.3. The number of aliphatic hydroxyl groups is 2. The van der Waals surface area contributed by atoms with Crippen molar-refractivity contribution in [3.05, 3.63) is 42.7 Å². The van der Waals surface area contributed by atoms with Gasteiger partial charge < -0.3 is 46.0 Å². The summed E-state index contributed by atoms with van der Waals surface area (Å²) < 4.78 is 51.9. The van der Waals surface area contributed by atoms with Crippen molar-refractivity contribution in [1.29, 1.82) is 0 Å². The van der Waals surface area contributed by atoms with Crippen molar-refractivity contribution in [2.45, 2.75) is 24.5 Å². The number of imidazole rings is 1. The number of pyridine rings is 1. The van der Waals surface area contributed by atoms with Crippen molar-refractivity contribution in [1.82, 2.24) is 24.5 Å². The Bertz CT molecular complexity index is 1490. The molecule has 4 heterocycles. The second-order valence-electron chi connectivity index (χ2n) is 7.62. The molecule has 0 spiro atoms. The minimum atomic E-state index is -5.70. The summed E-state index contributed by atoms with van der Waals surface area (Å²) >= 11 is 0. The Balaban J connectivity index is 0.000000415. The van der Waals surface area contributed by atoms with Crippen LogP contribution < -0.4 is 11.5 Å². The van der Waals surface area contributed by atoms with E-state index >= 15 is 0 Å². The maximum atomic E-state index is 11.8. The van der Waals surface area contributed by atoms with Gasteiger partial charge in [0, 0.05) is 12.4 Å². The van der Waals surface area contributed by atoms with E-state index in [9.17, 15) is 33.6 Å². The summed E-state index contributed by atoms with van der Waals surface area (Å²) in [7, 11) is -16.7. The number of rotatable bonds is 9. The molecule has 1 fully saturated rings. The zero-order valence-electron chi connectivity index (χ0n) is 19.7. The van der Waals surface area contributed by atoms with Gasteiger partial charge in [0.05, 0.1) is 18.5 Å². The quantitative estimate of drug-likeness (QED) is 0.125. The van der Waals surface area contributed by atoms with Gasteiger partial charge in [0.1, 0.15) is 30.2 Å². The van der Waals surface area contributed by atoms with Gasteiger partial charge in [0.2, 0.25) is 5.91 Å². The van der Waals surface area contributed by atoms with Gasteiger partial charge in [-0.15, -0.1) is 0 Å². The van der Waals surface area contributed by atoms with Crippen molar-refractivity contribution in [2.24, 2.45) is 5.73 Å². The standard InChI is InChI=1S/C10H16N5O13P3.C6H6N2O/c11-8-5-9(13-2-12-8)15(3-14-5)10-7(17)6(16)4(26-10)1-25-30(21,22)28-31(23,24)27-29(18,19)20;7-6(9)5-2-1-3-8-4-5/h2-4,6-7,10,16-17H,1H2,(H,21,22)(H,23,24)(H2,11,12,13)(H2,18,19,20);1-4H,(H2,7,9)/t4-,6-,7-,10-;/m1./s1. The first-order valence-electron chi connectivity index (χ1n) is 10.4. The molecule has 0 radical (unpaired) electrons. The molecular weight excluding hydrogens is 607 g/mol. The topological polar surface area (TPSA) is 335 Å². The average Bonchev–Trinajstić information content (AvgIpc) is 3.38. The number of hydrogen-bond acceptors (Lipinski definition) is 15. The molecule has 1 saturated heterocycles. The highest BCUT2D eigenvalue weighted by Crippen LogP contribution is 2.66. The highest BCUT2D eigenvalue weighted by Gasteiger charge is 2.47. The number of amides is 1. The molecule has 6 atom stereocenters. The number of nitrogens with two attached hydrogens (primary N) is 2. The molecule has 0 aromatic carbocycles. The van der Waals surface area contributed by atoms with E-state index in [4.69, 9.17) is 30.9 Å². The second-order valence-corrected chi connectivity index (χ2v) is 12.0. The van der Waals surface area contributed by atoms with Gasteiger partial charge in [-0.2, -0.15) is 8.62 Å². The van der Waals surface area contributed by atoms with Crippen LogP contribution in [0.2, 0.25) is 0 Å². The first-order valence-corrected chi connectivity index (χ1v) is 14.9. The number of ether oxygens (including phenoxy) is 1. The van der Waals surface area contributed by atoms with E-state index in [0.717, 1.165) is 6.33 Å². The van der Waals surface area contributed by atoms with E-state index in [-0.39, 0.29) is 17.0 Å². The molecule has 3 aromatic rings. The molecule has 1 amide bonds. The largest absolute Gasteiger partial charge is 0.490 e. The molecule has 3 aromatic heterocycles. The van der Waals surface area contributed by atoms with E-state index in [0.29, 0.717) is 5.56 Å². The third-order valence-electron chi connectivity index (χ3n) is 4.76. The lowest BCUT2D eigenvalue weighted by Crippen LogP contribution is -2.33. The number of aliphatic hydroxyl groups excluding tert-OH is 2. The van der Waals surface area contributed by atoms with Gasteiger partial charge in [-0.05, 0) is 12.1 Å². The SMILES string of the molecule is NC(=O)c1cccnc1.Nc1ncnc2c1ncn2[C@@H]1O[C@H](COP(=O)(O)OP(=O)(O)OP(=O)(O)O)[C@@H](O)[C@H]1O. The molecule has 1 aliphatic rings. The summed E-state index contributed by atoms with van der Waals surface area (Å²) in [5.74, 6) is -0.399. The van der Waals surface area contributed by atoms with E-state index in [2.05, 4.69) is 33.1 Å². The van der Waals surface area contributed by atoms with Crippen LogP contribution >= 0.6 is 23.5 Å². The van der Waals surface area contributed by atoms with Crippen LogP contribution in [-0.4, -0.2) is 85.1 Å². The monoisotopic (exact) mass is 629 g/mol. The Hall–Kier alpha value is -2.74. The molecular formula is C16H22N7O14P3. The summed E-state index contributed by atoms with van der Waals surface area (Å²) in [5, 5.41) is 20.4. The third-order valence-corrected chi connectivity index (χ3v) is 8.56. The first-order chi connectivity index (χ1) is 18.5. The summed E-state index contributed by atoms with van der Waals surface area (Å²) in [6.07, 6.45) is -0.668. The fraction of sp³-hybridized carbons (Fsp3) is 0.312. The Morgan fingerprint density at radius 2 is 1.75 bits per heavy atom. The first kappa shape index (κ1) is 31.8. The van der Waals surface area contributed by atoms with Crippen molar-refractivity contribution >= 4 is 46.4 Å². The van der Waals surface area contributed by atoms with Gasteiger partial charge in [-0.25, -0.2) is 28.6 Å². The fourth-order valence-electron chi connectivity index (χ4n) is 3.13. The van der Waals surface area contributed by atoms with E-state index in [1.165, 1.54) is 17.1 Å². The molecule has 4 rings (SSSR count). The van der Waals surface area contributed by atoms with E-state index in [1.54, 1.807) is 18.3 Å². The summed E-state index contributed by atoms with van der Waals surface area (Å²) in [6.45, 7) is -0.956. The number of fused-ring (bicyclic) bond motifs is 1. The number of nitrogen functional groups attached to an aromatic ring is 1. The maximum Gasteiger partial charge on any atom is 0.490 e. The van der Waals surface area contributed by atoms with Crippen LogP contribution in [-0.2, 0) is 31.6 Å². The molecule has 40 heavy (non-hydrogen) atoms. The molecule has 0 bridgehead atoms. The number of anilines is 1. The Kier molecular flexibility index (Phi) is 9.86. The zero-order chi connectivity index (χ0) is 29.9. The Morgan fingerprint density at radius 3 is 2.33 bits per heavy atom. The van der Waals surface area contributed by atoms with Gasteiger partial charge >= 0.3 is 23.5 Å². The lowest BCUT2D eigenvalue weighted by molar-refractivity contribution is -0.0503. The predicted molar refractivity (Wildman–Crippen MR) is 128 cm³/mol. The predicted octanol–water partition coefficient (Wildman–Crippen LogP) is -1.45. The Labute approximate surface area is 222 Å². The molecule has 220 valence electrons. The molecule has 0 saturated carbocycles. The van der Waals surface area contributed by atoms with Crippen LogP contribution in [0.3, 0.4) is 0 Å². The van der Waals surface area contributed by atoms with E-state index < -0.39 is 60.5 Å². The summed E-state index contributed by atoms with van der Waals surface area (Å²) in [6, 6.07) is 3.29. The third kappa shape index (κ3) is 8.38. The summed E-state index contributed by atoms with van der Waals surface area (Å²) in [5.41, 5.74) is 11.4. The van der Waals surface area contributed by atoms with Crippen molar-refractivity contribution in [3.8, 4) is 0 Å². The number of phosphoric ester groups is 1. The number of carbonyl (C=O) groups is 1. The summed E-state index contributed by atoms with van der Waals surface area (Å²) in [4.78, 5) is 61.3. The van der Waals surface area contributed by atoms with Crippen molar-refractivity contribution < 1.29 is 66.2 Å². The van der Waals surface area contributed by atoms with Crippen LogP contribution in [0.15, 0.2) is 37.2 Å². The Morgan fingerprint density at radius 1 is 1.05 bits per heavy atom. The number of aromatic nitrogens is 5. The number of carbonyl (C=O) groups excluding carboxylic acids is 1. The minimum absolute atomic E-state index is 0.0426. The normalized spacial score (nSPS) is 24.1. The van der Waals surface area contributed by atoms with E-state index in [1.807, 2.05) is 0 Å². The maximum absolute atomic E-state index is 11.8. The molecule has 21 nitrogen and oxygen atoms in total. The van der Waals surface area contributed by atoms with Crippen molar-refractivity contribution in [2.75, 3.05) is 12.3 Å². The van der Waals surface area contributed by atoms with Crippen LogP contribution in [0.4, 0.5) is 5.82 Å². The van der Waals surface area contributed by atoms with Crippen LogP contribution in [0, 0.1) is 0 Å². The smallest absolute Gasteiger partial charge is 0.387 e. The van der Waals surface area contributed by atoms with Crippen molar-refractivity contribution in [3.63, 3.8) is 0 Å². The van der Waals surface area contributed by atoms with Gasteiger partial charge in [-0.1, -0.05) is 0 Å². The number of phosphoric acid groups is 3. The number of primary amides is 1. The lowest BCUT2D eigenvalue weighted by Gasteiger charge is -2.19. The lowest BCUT2D eigenvalue weighted by atomic mass is 10.1. The van der Waals surface area contributed by atoms with Crippen LogP contribution in [0.1, 0.15) is 16.6 Å². The average molecular weight is 629 g/mol. The van der Waals surface area contributed by atoms with Gasteiger partial charge in [0.25, 0.3) is 0 Å². The number of nitrogens with zero attached hydrogens (tertiary/aromatic N) is 5. The molecule has 24 heteroatoms. The molecule has 0 aliphatic carbocycles. The molecule has 2 unspecified atom stereocenters. The minimum Gasteiger partial charge on any atom is -0.387 e.